The van der Waals surface area contributed by atoms with Gasteiger partial charge >= 0.3 is 0 Å². The Labute approximate surface area is 197 Å². The number of nitrogens with zero attached hydrogens (tertiary/aromatic N) is 4. The Morgan fingerprint density at radius 3 is 2.70 bits per heavy atom. The minimum atomic E-state index is 0.0395. The predicted octanol–water partition coefficient (Wildman–Crippen LogP) is 4.52. The van der Waals surface area contributed by atoms with Gasteiger partial charge in [-0.2, -0.15) is 0 Å². The Hall–Kier alpha value is -2.87. The molecule has 33 heavy (non-hydrogen) atoms. The molecule has 0 N–H and O–H groups in total. The molecule has 5 rings (SSSR count). The van der Waals surface area contributed by atoms with E-state index in [9.17, 15) is 4.79 Å². The van der Waals surface area contributed by atoms with Crippen LogP contribution in [0, 0.1) is 11.3 Å². The molecule has 3 aromatic heterocycles. The number of thiophene rings is 1. The van der Waals surface area contributed by atoms with Crippen LogP contribution in [0.3, 0.4) is 0 Å². The van der Waals surface area contributed by atoms with Crippen molar-refractivity contribution in [3.8, 4) is 11.5 Å². The Morgan fingerprint density at radius 2 is 1.97 bits per heavy atom. The van der Waals surface area contributed by atoms with Crippen molar-refractivity contribution in [2.24, 2.45) is 11.3 Å². The Bertz CT molecular complexity index is 1390. The quantitative estimate of drug-likeness (QED) is 0.433. The van der Waals surface area contributed by atoms with Crippen LogP contribution in [-0.4, -0.2) is 33.4 Å². The highest BCUT2D eigenvalue weighted by molar-refractivity contribution is 7.18. The zero-order chi connectivity index (χ0) is 23.3. The van der Waals surface area contributed by atoms with Gasteiger partial charge in [0.25, 0.3) is 5.56 Å². The van der Waals surface area contributed by atoms with E-state index < -0.39 is 0 Å². The molecule has 1 aromatic carbocycles. The van der Waals surface area contributed by atoms with E-state index in [0.29, 0.717) is 36.2 Å². The van der Waals surface area contributed by atoms with E-state index in [1.165, 1.54) is 10.4 Å². The molecule has 1 aliphatic rings. The van der Waals surface area contributed by atoms with E-state index in [4.69, 9.17) is 9.47 Å². The fraction of sp³-hybridized carbons (Fsp3) is 0.480. The molecule has 0 bridgehead atoms. The minimum Gasteiger partial charge on any atom is -0.493 e. The van der Waals surface area contributed by atoms with Gasteiger partial charge in [-0.1, -0.05) is 26.8 Å². The van der Waals surface area contributed by atoms with E-state index in [0.717, 1.165) is 35.0 Å². The molecule has 3 heterocycles. The van der Waals surface area contributed by atoms with Gasteiger partial charge in [-0.3, -0.25) is 13.8 Å². The maximum atomic E-state index is 13.7. The van der Waals surface area contributed by atoms with Gasteiger partial charge in [0.15, 0.2) is 11.5 Å². The third kappa shape index (κ3) is 3.70. The molecule has 1 unspecified atom stereocenters. The van der Waals surface area contributed by atoms with Crippen molar-refractivity contribution in [2.75, 3.05) is 14.2 Å². The van der Waals surface area contributed by atoms with Crippen LogP contribution in [0.2, 0.25) is 0 Å². The maximum absolute atomic E-state index is 13.7. The lowest BCUT2D eigenvalue weighted by atomic mass is 9.72. The molecule has 0 amide bonds. The number of hydrogen-bond donors (Lipinski definition) is 0. The van der Waals surface area contributed by atoms with E-state index in [1.54, 1.807) is 36.5 Å². The van der Waals surface area contributed by atoms with Gasteiger partial charge in [0.2, 0.25) is 5.78 Å². The standard InChI is InChI=1S/C25H30N4O3S/c1-25(2,3)16-7-8-17-20(13-16)33-23-21(17)22(30)28(24-27-26-14-29(23)24)11-10-15-6-9-18(31-4)19(12-15)32-5/h6,9,12,14,16H,7-8,10-11,13H2,1-5H3. The number of benzene rings is 1. The monoisotopic (exact) mass is 466 g/mol. The zero-order valence-electron chi connectivity index (χ0n) is 19.8. The van der Waals surface area contributed by atoms with Crippen molar-refractivity contribution in [1.29, 1.82) is 0 Å². The van der Waals surface area contributed by atoms with Crippen molar-refractivity contribution in [2.45, 2.75) is 53.0 Å². The molecule has 4 aromatic rings. The number of aryl methyl sites for hydroxylation is 3. The Morgan fingerprint density at radius 1 is 1.18 bits per heavy atom. The predicted molar refractivity (Wildman–Crippen MR) is 131 cm³/mol. The summed E-state index contributed by atoms with van der Waals surface area (Å²) < 4.78 is 14.5. The van der Waals surface area contributed by atoms with E-state index in [-0.39, 0.29) is 11.0 Å². The highest BCUT2D eigenvalue weighted by Gasteiger charge is 2.32. The molecule has 0 radical (unpaired) electrons. The van der Waals surface area contributed by atoms with Crippen molar-refractivity contribution in [3.05, 3.63) is 50.9 Å². The molecule has 8 heteroatoms. The maximum Gasteiger partial charge on any atom is 0.263 e. The fourth-order valence-corrected chi connectivity index (χ4v) is 6.35. The van der Waals surface area contributed by atoms with Crippen LogP contribution in [0.4, 0.5) is 0 Å². The molecule has 7 nitrogen and oxygen atoms in total. The van der Waals surface area contributed by atoms with Crippen molar-refractivity contribution in [3.63, 3.8) is 0 Å². The van der Waals surface area contributed by atoms with Crippen molar-refractivity contribution in [1.82, 2.24) is 19.2 Å². The topological polar surface area (TPSA) is 70.7 Å². The minimum absolute atomic E-state index is 0.0395. The van der Waals surface area contributed by atoms with Crippen LogP contribution in [-0.2, 0) is 25.8 Å². The molecule has 0 saturated carbocycles. The van der Waals surface area contributed by atoms with Crippen LogP contribution >= 0.6 is 11.3 Å². The summed E-state index contributed by atoms with van der Waals surface area (Å²) in [6, 6.07) is 5.86. The molecule has 1 atom stereocenters. The molecule has 1 aliphatic carbocycles. The Kier molecular flexibility index (Phi) is 5.43. The number of hydrogen-bond acceptors (Lipinski definition) is 6. The van der Waals surface area contributed by atoms with E-state index in [1.807, 2.05) is 22.6 Å². The van der Waals surface area contributed by atoms with Crippen LogP contribution in [0.25, 0.3) is 16.0 Å². The molecule has 0 aliphatic heterocycles. The molecular formula is C25H30N4O3S. The molecular weight excluding hydrogens is 436 g/mol. The van der Waals surface area contributed by atoms with Crippen molar-refractivity contribution < 1.29 is 9.47 Å². The number of aromatic nitrogens is 4. The second-order valence-electron chi connectivity index (χ2n) is 9.89. The average Bonchev–Trinajstić information content (AvgIpc) is 3.42. The summed E-state index contributed by atoms with van der Waals surface area (Å²) >= 11 is 1.74. The number of ether oxygens (including phenoxy) is 2. The van der Waals surface area contributed by atoms with Crippen LogP contribution < -0.4 is 15.0 Å². The van der Waals surface area contributed by atoms with Gasteiger partial charge in [-0.25, -0.2) is 0 Å². The van der Waals surface area contributed by atoms with Crippen LogP contribution in [0.15, 0.2) is 29.3 Å². The Balaban J connectivity index is 1.56. The van der Waals surface area contributed by atoms with E-state index >= 15 is 0 Å². The third-order valence-electron chi connectivity index (χ3n) is 6.99. The average molecular weight is 467 g/mol. The smallest absolute Gasteiger partial charge is 0.263 e. The summed E-state index contributed by atoms with van der Waals surface area (Å²) in [5.41, 5.74) is 2.60. The molecule has 0 spiro atoms. The first-order chi connectivity index (χ1) is 15.8. The van der Waals surface area contributed by atoms with Gasteiger partial charge in [-0.15, -0.1) is 21.5 Å². The number of methoxy groups -OCH3 is 2. The summed E-state index contributed by atoms with van der Waals surface area (Å²) in [6.07, 6.45) is 5.51. The van der Waals surface area contributed by atoms with Gasteiger partial charge in [0.05, 0.1) is 19.6 Å². The SMILES string of the molecule is COc1ccc(CCn2c(=O)c3c4c(sc3n3cnnc23)CC(C(C)(C)C)CC4)cc1OC. The molecule has 0 saturated heterocycles. The first-order valence-electron chi connectivity index (χ1n) is 11.4. The van der Waals surface area contributed by atoms with Gasteiger partial charge in [0, 0.05) is 11.4 Å². The summed E-state index contributed by atoms with van der Waals surface area (Å²) in [5, 5.41) is 9.29. The number of fused-ring (bicyclic) bond motifs is 5. The summed E-state index contributed by atoms with van der Waals surface area (Å²) in [4.78, 5) is 16.1. The largest absolute Gasteiger partial charge is 0.493 e. The normalized spacial score (nSPS) is 16.3. The van der Waals surface area contributed by atoms with Crippen LogP contribution in [0.5, 0.6) is 11.5 Å². The lowest BCUT2D eigenvalue weighted by Crippen LogP contribution is -2.27. The molecule has 0 fully saturated rings. The second-order valence-corrected chi connectivity index (χ2v) is 11.0. The summed E-state index contributed by atoms with van der Waals surface area (Å²) in [5.74, 6) is 2.60. The van der Waals surface area contributed by atoms with Gasteiger partial charge < -0.3 is 9.47 Å². The van der Waals surface area contributed by atoms with Gasteiger partial charge in [-0.05, 0) is 60.3 Å². The lowest BCUT2D eigenvalue weighted by Gasteiger charge is -2.33. The van der Waals surface area contributed by atoms with Crippen molar-refractivity contribution >= 4 is 27.3 Å². The lowest BCUT2D eigenvalue weighted by molar-refractivity contribution is 0.218. The fourth-order valence-electron chi connectivity index (χ4n) is 4.96. The number of rotatable bonds is 5. The third-order valence-corrected chi connectivity index (χ3v) is 8.25. The summed E-state index contributed by atoms with van der Waals surface area (Å²) in [7, 11) is 3.25. The highest BCUT2D eigenvalue weighted by atomic mass is 32.1. The second kappa shape index (κ2) is 8.17. The molecule has 174 valence electrons. The van der Waals surface area contributed by atoms with Gasteiger partial charge in [0.1, 0.15) is 11.2 Å². The summed E-state index contributed by atoms with van der Waals surface area (Å²) in [6.45, 7) is 7.46. The first-order valence-corrected chi connectivity index (χ1v) is 12.2. The first kappa shape index (κ1) is 21.9. The van der Waals surface area contributed by atoms with Crippen LogP contribution in [0.1, 0.15) is 43.2 Å². The zero-order valence-corrected chi connectivity index (χ0v) is 20.7. The highest BCUT2D eigenvalue weighted by Crippen LogP contribution is 2.42. The van der Waals surface area contributed by atoms with E-state index in [2.05, 4.69) is 31.0 Å².